The summed E-state index contributed by atoms with van der Waals surface area (Å²) in [5.41, 5.74) is 9.71. The fourth-order valence-electron chi connectivity index (χ4n) is 1.88. The van der Waals surface area contributed by atoms with Crippen molar-refractivity contribution < 1.29 is 0 Å². The Morgan fingerprint density at radius 2 is 2.00 bits per heavy atom. The molecule has 3 heteroatoms. The van der Waals surface area contributed by atoms with Gasteiger partial charge in [-0.2, -0.15) is 0 Å². The molecule has 1 atom stereocenters. The van der Waals surface area contributed by atoms with Gasteiger partial charge in [0.15, 0.2) is 0 Å². The highest BCUT2D eigenvalue weighted by Gasteiger charge is 2.05. The third-order valence-corrected chi connectivity index (χ3v) is 5.02. The first-order valence-electron chi connectivity index (χ1n) is 6.29. The molecule has 0 aromatic heterocycles. The molecule has 0 unspecified atom stereocenters. The maximum Gasteiger partial charge on any atom is 0.0314 e. The minimum Gasteiger partial charge on any atom is -0.324 e. The van der Waals surface area contributed by atoms with Crippen molar-refractivity contribution in [3.05, 3.63) is 63.6 Å². The molecule has 100 valence electrons. The van der Waals surface area contributed by atoms with E-state index in [0.717, 1.165) is 15.8 Å². The van der Waals surface area contributed by atoms with Crippen molar-refractivity contribution in [3.8, 4) is 0 Å². The van der Waals surface area contributed by atoms with E-state index in [4.69, 9.17) is 5.73 Å². The van der Waals surface area contributed by atoms with Crippen LogP contribution in [0.2, 0.25) is 0 Å². The Morgan fingerprint density at radius 1 is 1.21 bits per heavy atom. The number of halogens is 1. The van der Waals surface area contributed by atoms with Gasteiger partial charge in [0.05, 0.1) is 0 Å². The zero-order chi connectivity index (χ0) is 13.8. The molecule has 0 saturated carbocycles. The molecule has 0 heterocycles. The lowest BCUT2D eigenvalue weighted by Gasteiger charge is -2.10. The summed E-state index contributed by atoms with van der Waals surface area (Å²) < 4.78 is 1.12. The summed E-state index contributed by atoms with van der Waals surface area (Å²) in [6.45, 7) is 4.13. The van der Waals surface area contributed by atoms with Crippen molar-refractivity contribution in [2.75, 3.05) is 0 Å². The average Bonchev–Trinajstić information content (AvgIpc) is 2.37. The molecule has 1 nitrogen and oxygen atoms in total. The lowest BCUT2D eigenvalue weighted by molar-refractivity contribution is 0.815. The summed E-state index contributed by atoms with van der Waals surface area (Å²) >= 11 is 5.47. The number of aryl methyl sites for hydroxylation is 1. The molecule has 0 fully saturated rings. The van der Waals surface area contributed by atoms with Gasteiger partial charge in [0.25, 0.3) is 0 Å². The summed E-state index contributed by atoms with van der Waals surface area (Å²) in [5.74, 6) is 0.984. The van der Waals surface area contributed by atoms with Crippen LogP contribution in [0.25, 0.3) is 0 Å². The van der Waals surface area contributed by atoms with E-state index < -0.39 is 0 Å². The fraction of sp³-hybridized carbons (Fsp3) is 0.250. The van der Waals surface area contributed by atoms with Crippen molar-refractivity contribution in [3.63, 3.8) is 0 Å². The molecule has 2 aromatic rings. The van der Waals surface area contributed by atoms with Gasteiger partial charge < -0.3 is 5.73 Å². The monoisotopic (exact) mass is 335 g/mol. The molecule has 2 N–H and O–H groups in total. The van der Waals surface area contributed by atoms with E-state index in [1.165, 1.54) is 16.0 Å². The highest BCUT2D eigenvalue weighted by atomic mass is 79.9. The number of rotatable bonds is 4. The zero-order valence-electron chi connectivity index (χ0n) is 11.2. The van der Waals surface area contributed by atoms with Gasteiger partial charge in [-0.05, 0) is 53.0 Å². The predicted molar refractivity (Wildman–Crippen MR) is 87.5 cm³/mol. The fourth-order valence-corrected chi connectivity index (χ4v) is 3.48. The van der Waals surface area contributed by atoms with Crippen LogP contribution in [-0.2, 0) is 5.75 Å². The lowest BCUT2D eigenvalue weighted by atomic mass is 10.1. The van der Waals surface area contributed by atoms with E-state index in [0.29, 0.717) is 0 Å². The van der Waals surface area contributed by atoms with Crippen molar-refractivity contribution in [2.24, 2.45) is 5.73 Å². The molecular formula is C16H18BrNS. The number of nitrogens with two attached hydrogens (primary N) is 1. The van der Waals surface area contributed by atoms with E-state index in [9.17, 15) is 0 Å². The van der Waals surface area contributed by atoms with E-state index in [2.05, 4.69) is 65.3 Å². The second-order valence-electron chi connectivity index (χ2n) is 4.76. The third-order valence-electron chi connectivity index (χ3n) is 2.96. The molecule has 0 aliphatic carbocycles. The molecule has 0 spiro atoms. The molecule has 0 aliphatic rings. The average molecular weight is 336 g/mol. The van der Waals surface area contributed by atoms with E-state index in [-0.39, 0.29) is 6.04 Å². The van der Waals surface area contributed by atoms with Gasteiger partial charge in [-0.1, -0.05) is 35.9 Å². The van der Waals surface area contributed by atoms with Gasteiger partial charge in [0, 0.05) is 21.2 Å². The third kappa shape index (κ3) is 4.10. The Kier molecular flexibility index (Phi) is 5.08. The topological polar surface area (TPSA) is 26.0 Å². The quantitative estimate of drug-likeness (QED) is 0.789. The molecule has 2 rings (SSSR count). The summed E-state index contributed by atoms with van der Waals surface area (Å²) in [6.07, 6.45) is 0. The van der Waals surface area contributed by atoms with Crippen LogP contribution in [0.5, 0.6) is 0 Å². The smallest absolute Gasteiger partial charge is 0.0314 e. The summed E-state index contributed by atoms with van der Waals surface area (Å²) in [7, 11) is 0. The molecule has 0 amide bonds. The first-order valence-corrected chi connectivity index (χ1v) is 8.07. The number of thioether (sulfide) groups is 1. The highest BCUT2D eigenvalue weighted by Crippen LogP contribution is 2.32. The minimum atomic E-state index is 0.0760. The van der Waals surface area contributed by atoms with Crippen LogP contribution < -0.4 is 5.73 Å². The lowest BCUT2D eigenvalue weighted by Crippen LogP contribution is -2.04. The number of hydrogen-bond acceptors (Lipinski definition) is 2. The van der Waals surface area contributed by atoms with Gasteiger partial charge in [-0.3, -0.25) is 0 Å². The predicted octanol–water partition coefficient (Wildman–Crippen LogP) is 5.07. The molecule has 0 radical (unpaired) electrons. The molecular weight excluding hydrogens is 318 g/mol. The second kappa shape index (κ2) is 6.60. The van der Waals surface area contributed by atoms with Gasteiger partial charge in [0.2, 0.25) is 0 Å². The Morgan fingerprint density at radius 3 is 2.63 bits per heavy atom. The highest BCUT2D eigenvalue weighted by molar-refractivity contribution is 9.10. The Bertz CT molecular complexity index is 566. The summed E-state index contributed by atoms with van der Waals surface area (Å²) in [5, 5.41) is 0. The van der Waals surface area contributed by atoms with E-state index in [1.54, 1.807) is 0 Å². The van der Waals surface area contributed by atoms with Crippen molar-refractivity contribution >= 4 is 27.7 Å². The standard InChI is InChI=1S/C16H18BrNS/c1-11-4-3-5-13(8-11)10-19-16-7-6-14(12(2)18)9-15(16)17/h3-9,12H,10,18H2,1-2H3/t12-/m1/s1. The number of benzene rings is 2. The van der Waals surface area contributed by atoms with Crippen molar-refractivity contribution in [1.29, 1.82) is 0 Å². The zero-order valence-corrected chi connectivity index (χ0v) is 13.6. The van der Waals surface area contributed by atoms with Crippen LogP contribution in [0.15, 0.2) is 51.8 Å². The minimum absolute atomic E-state index is 0.0760. The van der Waals surface area contributed by atoms with Crippen molar-refractivity contribution in [1.82, 2.24) is 0 Å². The summed E-state index contributed by atoms with van der Waals surface area (Å²) in [6, 6.07) is 15.1. The van der Waals surface area contributed by atoms with Gasteiger partial charge >= 0.3 is 0 Å². The molecule has 0 saturated heterocycles. The van der Waals surface area contributed by atoms with Crippen LogP contribution in [0.3, 0.4) is 0 Å². The van der Waals surface area contributed by atoms with Gasteiger partial charge in [-0.25, -0.2) is 0 Å². The summed E-state index contributed by atoms with van der Waals surface area (Å²) in [4.78, 5) is 1.26. The van der Waals surface area contributed by atoms with Gasteiger partial charge in [0.1, 0.15) is 0 Å². The van der Waals surface area contributed by atoms with E-state index >= 15 is 0 Å². The first kappa shape index (κ1) is 14.6. The Hall–Kier alpha value is -0.770. The SMILES string of the molecule is Cc1cccc(CSc2ccc([C@@H](C)N)cc2Br)c1. The first-order chi connectivity index (χ1) is 9.06. The van der Waals surface area contributed by atoms with Crippen LogP contribution in [0.1, 0.15) is 29.7 Å². The number of hydrogen-bond donors (Lipinski definition) is 1. The maximum atomic E-state index is 5.89. The van der Waals surface area contributed by atoms with E-state index in [1.807, 2.05) is 18.7 Å². The Labute approximate surface area is 127 Å². The molecule has 2 aromatic carbocycles. The largest absolute Gasteiger partial charge is 0.324 e. The van der Waals surface area contributed by atoms with Crippen molar-refractivity contribution in [2.45, 2.75) is 30.5 Å². The normalized spacial score (nSPS) is 12.4. The van der Waals surface area contributed by atoms with Crippen LogP contribution in [0, 0.1) is 6.92 Å². The second-order valence-corrected chi connectivity index (χ2v) is 6.63. The Balaban J connectivity index is 2.07. The van der Waals surface area contributed by atoms with Gasteiger partial charge in [-0.15, -0.1) is 11.8 Å². The molecule has 19 heavy (non-hydrogen) atoms. The molecule has 0 aliphatic heterocycles. The van der Waals surface area contributed by atoms with Crippen LogP contribution >= 0.6 is 27.7 Å². The van der Waals surface area contributed by atoms with Crippen LogP contribution in [0.4, 0.5) is 0 Å². The molecule has 0 bridgehead atoms. The maximum absolute atomic E-state index is 5.89. The van der Waals surface area contributed by atoms with Crippen LogP contribution in [-0.4, -0.2) is 0 Å².